The molecule has 0 fully saturated rings. The van der Waals surface area contributed by atoms with Crippen LogP contribution in [0.25, 0.3) is 0 Å². The van der Waals surface area contributed by atoms with Crippen LogP contribution in [0.1, 0.15) is 29.3 Å². The summed E-state index contributed by atoms with van der Waals surface area (Å²) in [5, 5.41) is 13.9. The summed E-state index contributed by atoms with van der Waals surface area (Å²) in [5.74, 6) is 0.755. The zero-order chi connectivity index (χ0) is 18.2. The van der Waals surface area contributed by atoms with Gasteiger partial charge in [-0.15, -0.1) is 0 Å². The SMILES string of the molecule is COc1ccc(C(=O)CN[C@H](C)CCc2ccc([N+](=O)[O-])cc2)cc1. The number of hydrogen-bond donors (Lipinski definition) is 1. The third-order valence-corrected chi connectivity index (χ3v) is 4.04. The molecule has 2 aromatic rings. The van der Waals surface area contributed by atoms with Crippen molar-refractivity contribution >= 4 is 11.5 Å². The van der Waals surface area contributed by atoms with Crippen LogP contribution in [0.5, 0.6) is 5.75 Å². The minimum absolute atomic E-state index is 0.0323. The van der Waals surface area contributed by atoms with Crippen molar-refractivity contribution in [3.05, 3.63) is 69.8 Å². The fourth-order valence-corrected chi connectivity index (χ4v) is 2.42. The first kappa shape index (κ1) is 18.6. The number of non-ortho nitro benzene ring substituents is 1. The lowest BCUT2D eigenvalue weighted by Gasteiger charge is -2.13. The van der Waals surface area contributed by atoms with Crippen LogP contribution in [0, 0.1) is 10.1 Å². The maximum atomic E-state index is 12.2. The number of nitro benzene ring substituents is 1. The molecule has 0 aromatic heterocycles. The molecular weight excluding hydrogens is 320 g/mol. The summed E-state index contributed by atoms with van der Waals surface area (Å²) in [6.45, 7) is 2.29. The van der Waals surface area contributed by atoms with E-state index in [-0.39, 0.29) is 24.1 Å². The number of methoxy groups -OCH3 is 1. The van der Waals surface area contributed by atoms with Crippen LogP contribution in [0.2, 0.25) is 0 Å². The number of nitrogens with one attached hydrogen (secondary N) is 1. The Balaban J connectivity index is 1.76. The summed E-state index contributed by atoms with van der Waals surface area (Å²) >= 11 is 0. The molecule has 0 saturated carbocycles. The van der Waals surface area contributed by atoms with Crippen LogP contribution in [0.3, 0.4) is 0 Å². The molecule has 0 saturated heterocycles. The number of ether oxygens (including phenoxy) is 1. The van der Waals surface area contributed by atoms with E-state index in [1.54, 1.807) is 43.5 Å². The van der Waals surface area contributed by atoms with Gasteiger partial charge < -0.3 is 10.1 Å². The van der Waals surface area contributed by atoms with E-state index < -0.39 is 4.92 Å². The highest BCUT2D eigenvalue weighted by atomic mass is 16.6. The Morgan fingerprint density at radius 1 is 1.16 bits per heavy atom. The average molecular weight is 342 g/mol. The maximum Gasteiger partial charge on any atom is 0.269 e. The van der Waals surface area contributed by atoms with E-state index >= 15 is 0 Å². The molecule has 2 rings (SSSR count). The van der Waals surface area contributed by atoms with Gasteiger partial charge in [-0.1, -0.05) is 12.1 Å². The van der Waals surface area contributed by atoms with Gasteiger partial charge >= 0.3 is 0 Å². The number of aryl methyl sites for hydroxylation is 1. The smallest absolute Gasteiger partial charge is 0.269 e. The van der Waals surface area contributed by atoms with Gasteiger partial charge in [-0.3, -0.25) is 14.9 Å². The zero-order valence-electron chi connectivity index (χ0n) is 14.4. The number of Topliss-reactive ketones (excluding diaryl/α,β-unsaturated/α-hetero) is 1. The molecule has 2 aromatic carbocycles. The fraction of sp³-hybridized carbons (Fsp3) is 0.316. The van der Waals surface area contributed by atoms with Crippen molar-refractivity contribution in [3.8, 4) is 5.75 Å². The predicted molar refractivity (Wildman–Crippen MR) is 96.2 cm³/mol. The number of nitrogens with zero attached hydrogens (tertiary/aromatic N) is 1. The Morgan fingerprint density at radius 2 is 1.80 bits per heavy atom. The van der Waals surface area contributed by atoms with Crippen LogP contribution in [0.4, 0.5) is 5.69 Å². The van der Waals surface area contributed by atoms with E-state index in [4.69, 9.17) is 4.74 Å². The molecule has 25 heavy (non-hydrogen) atoms. The number of carbonyl (C=O) groups excluding carboxylic acids is 1. The topological polar surface area (TPSA) is 81.5 Å². The Kier molecular flexibility index (Phi) is 6.65. The summed E-state index contributed by atoms with van der Waals surface area (Å²) in [5.41, 5.74) is 1.79. The Morgan fingerprint density at radius 3 is 2.36 bits per heavy atom. The lowest BCUT2D eigenvalue weighted by molar-refractivity contribution is -0.384. The molecular formula is C19H22N2O4. The summed E-state index contributed by atoms with van der Waals surface area (Å²) < 4.78 is 5.08. The van der Waals surface area contributed by atoms with E-state index in [1.807, 2.05) is 6.92 Å². The van der Waals surface area contributed by atoms with Gasteiger partial charge in [-0.05, 0) is 49.6 Å². The van der Waals surface area contributed by atoms with Crippen LogP contribution < -0.4 is 10.1 Å². The Bertz CT molecular complexity index is 711. The summed E-state index contributed by atoms with van der Waals surface area (Å²) in [6.07, 6.45) is 1.64. The molecule has 0 bridgehead atoms. The number of benzene rings is 2. The molecule has 0 aliphatic heterocycles. The molecule has 1 atom stereocenters. The first-order chi connectivity index (χ1) is 12.0. The monoisotopic (exact) mass is 342 g/mol. The van der Waals surface area contributed by atoms with Crippen molar-refractivity contribution in [2.45, 2.75) is 25.8 Å². The van der Waals surface area contributed by atoms with Gasteiger partial charge in [0.1, 0.15) is 5.75 Å². The fourth-order valence-electron chi connectivity index (χ4n) is 2.42. The van der Waals surface area contributed by atoms with Crippen LogP contribution in [0.15, 0.2) is 48.5 Å². The molecule has 0 aliphatic rings. The molecule has 6 nitrogen and oxygen atoms in total. The van der Waals surface area contributed by atoms with Gasteiger partial charge in [0.15, 0.2) is 5.78 Å². The van der Waals surface area contributed by atoms with Crippen LogP contribution in [-0.4, -0.2) is 30.4 Å². The largest absolute Gasteiger partial charge is 0.497 e. The average Bonchev–Trinajstić information content (AvgIpc) is 2.64. The lowest BCUT2D eigenvalue weighted by atomic mass is 10.1. The molecule has 0 radical (unpaired) electrons. The predicted octanol–water partition coefficient (Wildman–Crippen LogP) is 3.40. The van der Waals surface area contributed by atoms with Crippen LogP contribution in [-0.2, 0) is 6.42 Å². The molecule has 0 heterocycles. The third-order valence-electron chi connectivity index (χ3n) is 4.04. The summed E-state index contributed by atoms with van der Waals surface area (Å²) in [6, 6.07) is 13.8. The van der Waals surface area contributed by atoms with E-state index in [9.17, 15) is 14.9 Å². The molecule has 0 unspecified atom stereocenters. The van der Waals surface area contributed by atoms with E-state index in [0.717, 1.165) is 24.2 Å². The second-order valence-electron chi connectivity index (χ2n) is 5.90. The van der Waals surface area contributed by atoms with Crippen molar-refractivity contribution in [2.75, 3.05) is 13.7 Å². The highest BCUT2D eigenvalue weighted by Gasteiger charge is 2.09. The zero-order valence-corrected chi connectivity index (χ0v) is 14.4. The highest BCUT2D eigenvalue weighted by Crippen LogP contribution is 2.14. The van der Waals surface area contributed by atoms with Crippen molar-refractivity contribution in [1.82, 2.24) is 5.32 Å². The number of ketones is 1. The van der Waals surface area contributed by atoms with Gasteiger partial charge in [0.25, 0.3) is 5.69 Å². The molecule has 0 amide bonds. The minimum Gasteiger partial charge on any atom is -0.497 e. The molecule has 1 N–H and O–H groups in total. The lowest BCUT2D eigenvalue weighted by Crippen LogP contribution is -2.31. The second kappa shape index (κ2) is 8.94. The quantitative estimate of drug-likeness (QED) is 0.429. The van der Waals surface area contributed by atoms with E-state index in [0.29, 0.717) is 5.56 Å². The maximum absolute atomic E-state index is 12.2. The number of rotatable bonds is 9. The van der Waals surface area contributed by atoms with Gasteiger partial charge in [0, 0.05) is 23.7 Å². The Hall–Kier alpha value is -2.73. The van der Waals surface area contributed by atoms with Crippen molar-refractivity contribution < 1.29 is 14.5 Å². The minimum atomic E-state index is -0.404. The van der Waals surface area contributed by atoms with Gasteiger partial charge in [0.2, 0.25) is 0 Å². The molecule has 6 heteroatoms. The van der Waals surface area contributed by atoms with Gasteiger partial charge in [-0.2, -0.15) is 0 Å². The first-order valence-electron chi connectivity index (χ1n) is 8.13. The second-order valence-corrected chi connectivity index (χ2v) is 5.90. The van der Waals surface area contributed by atoms with Crippen LogP contribution >= 0.6 is 0 Å². The third kappa shape index (κ3) is 5.69. The first-order valence-corrected chi connectivity index (χ1v) is 8.13. The number of nitro groups is 1. The summed E-state index contributed by atoms with van der Waals surface area (Å²) in [4.78, 5) is 22.4. The van der Waals surface area contributed by atoms with Crippen molar-refractivity contribution in [1.29, 1.82) is 0 Å². The summed E-state index contributed by atoms with van der Waals surface area (Å²) in [7, 11) is 1.59. The van der Waals surface area contributed by atoms with E-state index in [1.165, 1.54) is 12.1 Å². The van der Waals surface area contributed by atoms with E-state index in [2.05, 4.69) is 5.32 Å². The molecule has 0 aliphatic carbocycles. The molecule has 132 valence electrons. The van der Waals surface area contributed by atoms with Crippen molar-refractivity contribution in [3.63, 3.8) is 0 Å². The van der Waals surface area contributed by atoms with Gasteiger partial charge in [0.05, 0.1) is 18.6 Å². The standard InChI is InChI=1S/C19H22N2O4/c1-14(3-4-15-5-9-17(10-6-15)21(23)24)20-13-19(22)16-7-11-18(25-2)12-8-16/h5-12,14,20H,3-4,13H2,1-2H3/t14-/m1/s1. The Labute approximate surface area is 147 Å². The number of hydrogen-bond acceptors (Lipinski definition) is 5. The normalized spacial score (nSPS) is 11.8. The van der Waals surface area contributed by atoms with Gasteiger partial charge in [-0.25, -0.2) is 0 Å². The molecule has 0 spiro atoms. The highest BCUT2D eigenvalue weighted by molar-refractivity contribution is 5.97. The number of carbonyl (C=O) groups is 1. The van der Waals surface area contributed by atoms with Crippen molar-refractivity contribution in [2.24, 2.45) is 0 Å².